The van der Waals surface area contributed by atoms with Crippen LogP contribution in [0, 0.1) is 6.92 Å². The van der Waals surface area contributed by atoms with Crippen LogP contribution in [0.25, 0.3) is 0 Å². The second-order valence-electron chi connectivity index (χ2n) is 4.01. The molecule has 0 saturated carbocycles. The van der Waals surface area contributed by atoms with Crippen LogP contribution in [0.4, 0.5) is 0 Å². The van der Waals surface area contributed by atoms with E-state index in [1.54, 1.807) is 11.8 Å². The fraction of sp³-hybridized carbons (Fsp3) is 0.231. The number of thioether (sulfide) groups is 1. The molecule has 0 atom stereocenters. The minimum absolute atomic E-state index is 0.260. The summed E-state index contributed by atoms with van der Waals surface area (Å²) < 4.78 is 0.939. The van der Waals surface area contributed by atoms with Crippen LogP contribution >= 0.6 is 34.7 Å². The second-order valence-corrected chi connectivity index (χ2v) is 6.72. The smallest absolute Gasteiger partial charge is 0.222 e. The summed E-state index contributed by atoms with van der Waals surface area (Å²) in [6, 6.07) is 7.76. The van der Waals surface area contributed by atoms with E-state index in [4.69, 9.17) is 17.3 Å². The standard InChI is InChI=1S/C13H13ClN2OS2/c1-8-11(6-12(15)17)19-13(16-8)18-7-9-4-2-3-5-10(9)14/h2-5H,6-7H2,1H3,(H2,15,17). The highest BCUT2D eigenvalue weighted by Gasteiger charge is 2.11. The Morgan fingerprint density at radius 2 is 2.21 bits per heavy atom. The number of carbonyl (C=O) groups is 1. The van der Waals surface area contributed by atoms with E-state index in [9.17, 15) is 4.79 Å². The number of rotatable bonds is 5. The minimum atomic E-state index is -0.325. The van der Waals surface area contributed by atoms with Crippen molar-refractivity contribution in [1.82, 2.24) is 4.98 Å². The van der Waals surface area contributed by atoms with Crippen molar-refractivity contribution in [1.29, 1.82) is 0 Å². The van der Waals surface area contributed by atoms with Crippen LogP contribution in [-0.4, -0.2) is 10.9 Å². The third-order valence-electron chi connectivity index (χ3n) is 2.52. The van der Waals surface area contributed by atoms with Gasteiger partial charge in [0.1, 0.15) is 0 Å². The number of hydrogen-bond acceptors (Lipinski definition) is 4. The normalized spacial score (nSPS) is 10.6. The number of primary amides is 1. The van der Waals surface area contributed by atoms with Crippen molar-refractivity contribution in [3.63, 3.8) is 0 Å². The summed E-state index contributed by atoms with van der Waals surface area (Å²) in [4.78, 5) is 16.3. The molecule has 0 spiro atoms. The molecule has 2 N–H and O–H groups in total. The number of aromatic nitrogens is 1. The molecule has 0 saturated heterocycles. The van der Waals surface area contributed by atoms with E-state index < -0.39 is 0 Å². The Hall–Kier alpha value is -1.04. The molecule has 6 heteroatoms. The Morgan fingerprint density at radius 3 is 2.89 bits per heavy atom. The quantitative estimate of drug-likeness (QED) is 0.861. The van der Waals surface area contributed by atoms with E-state index in [-0.39, 0.29) is 12.3 Å². The molecule has 0 unspecified atom stereocenters. The van der Waals surface area contributed by atoms with Crippen LogP contribution in [0.2, 0.25) is 5.02 Å². The van der Waals surface area contributed by atoms with Gasteiger partial charge in [-0.1, -0.05) is 41.6 Å². The molecule has 1 heterocycles. The fourth-order valence-electron chi connectivity index (χ4n) is 1.54. The predicted octanol–water partition coefficient (Wildman–Crippen LogP) is 3.43. The zero-order valence-corrected chi connectivity index (χ0v) is 12.7. The number of nitrogens with two attached hydrogens (primary N) is 1. The Morgan fingerprint density at radius 1 is 1.47 bits per heavy atom. The molecule has 2 rings (SSSR count). The molecular formula is C13H13ClN2OS2. The Labute approximate surface area is 125 Å². The van der Waals surface area contributed by atoms with E-state index in [1.165, 1.54) is 11.3 Å². The summed E-state index contributed by atoms with van der Waals surface area (Å²) in [6.07, 6.45) is 0.260. The summed E-state index contributed by atoms with van der Waals surface area (Å²) in [6.45, 7) is 1.90. The highest BCUT2D eigenvalue weighted by molar-refractivity contribution is 8.00. The molecule has 3 nitrogen and oxygen atoms in total. The SMILES string of the molecule is Cc1nc(SCc2ccccc2Cl)sc1CC(N)=O. The molecule has 0 radical (unpaired) electrons. The number of amides is 1. The van der Waals surface area contributed by atoms with Crippen LogP contribution in [-0.2, 0) is 17.0 Å². The maximum absolute atomic E-state index is 10.9. The molecule has 1 aromatic carbocycles. The first-order valence-corrected chi connectivity index (χ1v) is 7.85. The van der Waals surface area contributed by atoms with Gasteiger partial charge in [-0.25, -0.2) is 4.98 Å². The number of aryl methyl sites for hydroxylation is 1. The number of hydrogen-bond donors (Lipinski definition) is 1. The summed E-state index contributed by atoms with van der Waals surface area (Å²) in [5.74, 6) is 0.442. The zero-order valence-electron chi connectivity index (χ0n) is 10.4. The van der Waals surface area contributed by atoms with E-state index >= 15 is 0 Å². The van der Waals surface area contributed by atoms with Gasteiger partial charge in [-0.3, -0.25) is 4.79 Å². The molecule has 0 aliphatic carbocycles. The van der Waals surface area contributed by atoms with E-state index in [0.29, 0.717) is 0 Å². The lowest BCUT2D eigenvalue weighted by Crippen LogP contribution is -2.13. The molecule has 2 aromatic rings. The highest BCUT2D eigenvalue weighted by Crippen LogP contribution is 2.31. The Bertz CT molecular complexity index is 598. The van der Waals surface area contributed by atoms with Gasteiger partial charge in [-0.05, 0) is 18.6 Å². The van der Waals surface area contributed by atoms with Gasteiger partial charge >= 0.3 is 0 Å². The number of carbonyl (C=O) groups excluding carboxylic acids is 1. The average Bonchev–Trinajstić information content (AvgIpc) is 2.68. The molecule has 1 aromatic heterocycles. The second kappa shape index (κ2) is 6.41. The topological polar surface area (TPSA) is 56.0 Å². The minimum Gasteiger partial charge on any atom is -0.369 e. The monoisotopic (exact) mass is 312 g/mol. The van der Waals surface area contributed by atoms with Crippen LogP contribution in [0.1, 0.15) is 16.1 Å². The summed E-state index contributed by atoms with van der Waals surface area (Å²) in [5.41, 5.74) is 7.17. The first-order valence-electron chi connectivity index (χ1n) is 5.67. The number of halogens is 1. The molecule has 100 valence electrons. The molecule has 0 bridgehead atoms. The van der Waals surface area contributed by atoms with Crippen LogP contribution in [0.5, 0.6) is 0 Å². The fourth-order valence-corrected chi connectivity index (χ4v) is 4.07. The third-order valence-corrected chi connectivity index (χ3v) is 5.23. The highest BCUT2D eigenvalue weighted by atomic mass is 35.5. The van der Waals surface area contributed by atoms with Crippen molar-refractivity contribution in [2.75, 3.05) is 0 Å². The molecule has 1 amide bonds. The lowest BCUT2D eigenvalue weighted by atomic mass is 10.2. The van der Waals surface area contributed by atoms with Gasteiger partial charge in [0.15, 0.2) is 4.34 Å². The first-order chi connectivity index (χ1) is 9.06. The van der Waals surface area contributed by atoms with Gasteiger partial charge in [0.2, 0.25) is 5.91 Å². The first kappa shape index (κ1) is 14.4. The summed E-state index contributed by atoms with van der Waals surface area (Å²) >= 11 is 9.25. The van der Waals surface area contributed by atoms with Crippen molar-refractivity contribution in [2.45, 2.75) is 23.4 Å². The number of nitrogens with zero attached hydrogens (tertiary/aromatic N) is 1. The summed E-state index contributed by atoms with van der Waals surface area (Å²) in [7, 11) is 0. The van der Waals surface area contributed by atoms with Gasteiger partial charge in [0.05, 0.1) is 12.1 Å². The maximum atomic E-state index is 10.9. The predicted molar refractivity (Wildman–Crippen MR) is 80.8 cm³/mol. The van der Waals surface area contributed by atoms with Crippen molar-refractivity contribution in [2.24, 2.45) is 5.73 Å². The lowest BCUT2D eigenvalue weighted by Gasteiger charge is -2.01. The third kappa shape index (κ3) is 3.96. The molecule has 19 heavy (non-hydrogen) atoms. The van der Waals surface area contributed by atoms with Crippen LogP contribution < -0.4 is 5.73 Å². The Kier molecular flexibility index (Phi) is 4.85. The van der Waals surface area contributed by atoms with Gasteiger partial charge < -0.3 is 5.73 Å². The average molecular weight is 313 g/mol. The van der Waals surface area contributed by atoms with Crippen molar-refractivity contribution < 1.29 is 4.79 Å². The molecule has 0 fully saturated rings. The van der Waals surface area contributed by atoms with Gasteiger partial charge in [-0.15, -0.1) is 11.3 Å². The van der Waals surface area contributed by atoms with E-state index in [0.717, 1.165) is 31.2 Å². The van der Waals surface area contributed by atoms with Gasteiger partial charge in [-0.2, -0.15) is 0 Å². The van der Waals surface area contributed by atoms with Gasteiger partial charge in [0.25, 0.3) is 0 Å². The Balaban J connectivity index is 2.04. The molecule has 0 aliphatic rings. The molecular weight excluding hydrogens is 300 g/mol. The lowest BCUT2D eigenvalue weighted by molar-refractivity contribution is -0.117. The van der Waals surface area contributed by atoms with Crippen LogP contribution in [0.3, 0.4) is 0 Å². The van der Waals surface area contributed by atoms with E-state index in [1.807, 2.05) is 31.2 Å². The summed E-state index contributed by atoms with van der Waals surface area (Å²) in [5, 5.41) is 0.764. The largest absolute Gasteiger partial charge is 0.369 e. The number of benzene rings is 1. The van der Waals surface area contributed by atoms with Crippen molar-refractivity contribution >= 4 is 40.6 Å². The maximum Gasteiger partial charge on any atom is 0.222 e. The molecule has 0 aliphatic heterocycles. The van der Waals surface area contributed by atoms with Crippen molar-refractivity contribution in [3.05, 3.63) is 45.4 Å². The van der Waals surface area contributed by atoms with E-state index in [2.05, 4.69) is 4.98 Å². The van der Waals surface area contributed by atoms with Gasteiger partial charge in [0, 0.05) is 15.7 Å². The van der Waals surface area contributed by atoms with Crippen molar-refractivity contribution in [3.8, 4) is 0 Å². The zero-order chi connectivity index (χ0) is 13.8. The number of thiazole rings is 1. The van der Waals surface area contributed by atoms with Crippen LogP contribution in [0.15, 0.2) is 28.6 Å².